The fourth-order valence-corrected chi connectivity index (χ4v) is 2.72. The highest BCUT2D eigenvalue weighted by Gasteiger charge is 2.31. The number of H-pyrrole nitrogens is 1. The number of aromatic amines is 1. The smallest absolute Gasteiger partial charge is 0.245 e. The van der Waals surface area contributed by atoms with Crippen molar-refractivity contribution < 1.29 is 4.39 Å². The van der Waals surface area contributed by atoms with E-state index in [4.69, 9.17) is 5.73 Å². The highest BCUT2D eigenvalue weighted by molar-refractivity contribution is 5.55. The van der Waals surface area contributed by atoms with Gasteiger partial charge in [-0.05, 0) is 30.9 Å². The van der Waals surface area contributed by atoms with Crippen LogP contribution in [0.15, 0.2) is 18.5 Å². The first-order valence-corrected chi connectivity index (χ1v) is 7.08. The van der Waals surface area contributed by atoms with Crippen LogP contribution in [0, 0.1) is 11.2 Å². The van der Waals surface area contributed by atoms with Crippen LogP contribution in [0.2, 0.25) is 0 Å². The van der Waals surface area contributed by atoms with Crippen molar-refractivity contribution in [3.63, 3.8) is 0 Å². The fraction of sp³-hybridized carbons (Fsp3) is 0.500. The summed E-state index contributed by atoms with van der Waals surface area (Å²) < 4.78 is 13.2. The summed E-state index contributed by atoms with van der Waals surface area (Å²) in [6.07, 6.45) is 4.91. The van der Waals surface area contributed by atoms with Gasteiger partial charge in [0.25, 0.3) is 0 Å². The Bertz CT molecular complexity index is 627. The Morgan fingerprint density at radius 3 is 3.10 bits per heavy atom. The molecule has 112 valence electrons. The predicted octanol–water partition coefficient (Wildman–Crippen LogP) is 1.57. The third-order valence-electron chi connectivity index (χ3n) is 4.01. The van der Waals surface area contributed by atoms with E-state index in [0.717, 1.165) is 32.1 Å². The van der Waals surface area contributed by atoms with Crippen molar-refractivity contribution in [3.8, 4) is 11.4 Å². The molecule has 0 aliphatic carbocycles. The molecule has 1 saturated heterocycles. The second kappa shape index (κ2) is 5.40. The van der Waals surface area contributed by atoms with Crippen LogP contribution in [0.1, 0.15) is 19.8 Å². The lowest BCUT2D eigenvalue weighted by Crippen LogP contribution is -2.46. The molecule has 1 aliphatic heterocycles. The molecule has 1 fully saturated rings. The maximum atomic E-state index is 13.2. The lowest BCUT2D eigenvalue weighted by atomic mass is 9.82. The molecule has 2 aromatic rings. The molecule has 3 heterocycles. The standard InChI is InChI=1S/C14H19FN6/c1-14(8-16)3-2-4-21(9-14)13-18-12(19-20-13)10-5-11(15)7-17-6-10/h5-7H,2-4,8-9,16H2,1H3,(H,18,19,20). The number of pyridine rings is 1. The van der Waals surface area contributed by atoms with Gasteiger partial charge in [0, 0.05) is 24.8 Å². The molecule has 1 unspecified atom stereocenters. The summed E-state index contributed by atoms with van der Waals surface area (Å²) in [6, 6.07) is 1.39. The van der Waals surface area contributed by atoms with Crippen molar-refractivity contribution in [2.75, 3.05) is 24.5 Å². The summed E-state index contributed by atoms with van der Waals surface area (Å²) in [5.74, 6) is 0.768. The molecule has 0 amide bonds. The van der Waals surface area contributed by atoms with Crippen LogP contribution in [0.25, 0.3) is 11.4 Å². The van der Waals surface area contributed by atoms with Gasteiger partial charge in [0.05, 0.1) is 6.20 Å². The van der Waals surface area contributed by atoms with Gasteiger partial charge in [-0.1, -0.05) is 6.92 Å². The third kappa shape index (κ3) is 2.87. The number of anilines is 1. The first kappa shape index (κ1) is 13.9. The molecule has 0 aromatic carbocycles. The summed E-state index contributed by atoms with van der Waals surface area (Å²) in [5, 5.41) is 7.10. The number of nitrogens with one attached hydrogen (secondary N) is 1. The zero-order valence-corrected chi connectivity index (χ0v) is 12.0. The van der Waals surface area contributed by atoms with Crippen LogP contribution >= 0.6 is 0 Å². The van der Waals surface area contributed by atoms with Crippen molar-refractivity contribution >= 4 is 5.95 Å². The van der Waals surface area contributed by atoms with Crippen molar-refractivity contribution in [1.82, 2.24) is 20.2 Å². The van der Waals surface area contributed by atoms with Crippen LogP contribution in [0.5, 0.6) is 0 Å². The Kier molecular flexibility index (Phi) is 3.59. The van der Waals surface area contributed by atoms with E-state index in [1.807, 2.05) is 0 Å². The van der Waals surface area contributed by atoms with E-state index >= 15 is 0 Å². The minimum Gasteiger partial charge on any atom is -0.339 e. The van der Waals surface area contributed by atoms with Gasteiger partial charge < -0.3 is 10.6 Å². The van der Waals surface area contributed by atoms with Crippen molar-refractivity contribution in [3.05, 3.63) is 24.3 Å². The Hall–Kier alpha value is -2.02. The molecule has 1 aliphatic rings. The molecule has 21 heavy (non-hydrogen) atoms. The Labute approximate surface area is 122 Å². The van der Waals surface area contributed by atoms with E-state index < -0.39 is 0 Å². The summed E-state index contributed by atoms with van der Waals surface area (Å²) in [5.41, 5.74) is 6.55. The van der Waals surface area contributed by atoms with E-state index in [1.54, 1.807) is 6.20 Å². The number of piperidine rings is 1. The number of nitrogens with two attached hydrogens (primary N) is 1. The van der Waals surface area contributed by atoms with Crippen molar-refractivity contribution in [2.45, 2.75) is 19.8 Å². The van der Waals surface area contributed by atoms with E-state index in [0.29, 0.717) is 23.9 Å². The highest BCUT2D eigenvalue weighted by Crippen LogP contribution is 2.30. The molecule has 0 radical (unpaired) electrons. The number of hydrogen-bond acceptors (Lipinski definition) is 5. The average Bonchev–Trinajstić information content (AvgIpc) is 2.97. The quantitative estimate of drug-likeness (QED) is 0.896. The number of hydrogen-bond donors (Lipinski definition) is 2. The Balaban J connectivity index is 1.82. The highest BCUT2D eigenvalue weighted by atomic mass is 19.1. The summed E-state index contributed by atoms with van der Waals surface area (Å²) in [6.45, 7) is 4.58. The molecule has 0 spiro atoms. The number of aromatic nitrogens is 4. The van der Waals surface area contributed by atoms with Crippen LogP contribution in [-0.4, -0.2) is 39.8 Å². The van der Waals surface area contributed by atoms with E-state index in [-0.39, 0.29) is 11.2 Å². The van der Waals surface area contributed by atoms with Gasteiger partial charge in [0.1, 0.15) is 5.82 Å². The van der Waals surface area contributed by atoms with Crippen LogP contribution < -0.4 is 10.6 Å². The first-order valence-electron chi connectivity index (χ1n) is 7.08. The monoisotopic (exact) mass is 290 g/mol. The van der Waals surface area contributed by atoms with Crippen LogP contribution in [0.3, 0.4) is 0 Å². The van der Waals surface area contributed by atoms with Crippen molar-refractivity contribution in [2.24, 2.45) is 11.1 Å². The van der Waals surface area contributed by atoms with E-state index in [9.17, 15) is 4.39 Å². The Morgan fingerprint density at radius 1 is 1.48 bits per heavy atom. The van der Waals surface area contributed by atoms with Gasteiger partial charge in [0.2, 0.25) is 5.95 Å². The predicted molar refractivity (Wildman–Crippen MR) is 78.2 cm³/mol. The van der Waals surface area contributed by atoms with Gasteiger partial charge in [-0.3, -0.25) is 10.1 Å². The summed E-state index contributed by atoms with van der Waals surface area (Å²) in [4.78, 5) is 10.4. The van der Waals surface area contributed by atoms with Gasteiger partial charge >= 0.3 is 0 Å². The second-order valence-electron chi connectivity index (χ2n) is 5.92. The number of rotatable bonds is 3. The minimum atomic E-state index is -0.390. The number of nitrogens with zero attached hydrogens (tertiary/aromatic N) is 4. The molecule has 1 atom stereocenters. The summed E-state index contributed by atoms with van der Waals surface area (Å²) in [7, 11) is 0. The van der Waals surface area contributed by atoms with E-state index in [2.05, 4.69) is 32.0 Å². The van der Waals surface area contributed by atoms with Gasteiger partial charge in [-0.2, -0.15) is 4.98 Å². The molecule has 0 bridgehead atoms. The van der Waals surface area contributed by atoms with Gasteiger partial charge in [0.15, 0.2) is 5.82 Å². The molecule has 3 rings (SSSR count). The average molecular weight is 290 g/mol. The van der Waals surface area contributed by atoms with Gasteiger partial charge in [-0.25, -0.2) is 4.39 Å². The molecular weight excluding hydrogens is 271 g/mol. The van der Waals surface area contributed by atoms with Gasteiger partial charge in [-0.15, -0.1) is 5.10 Å². The molecule has 7 heteroatoms. The fourth-order valence-electron chi connectivity index (χ4n) is 2.72. The minimum absolute atomic E-state index is 0.0967. The van der Waals surface area contributed by atoms with Crippen LogP contribution in [-0.2, 0) is 0 Å². The SMILES string of the molecule is CC1(CN)CCCN(c2n[nH]c(-c3cncc(F)c3)n2)C1. The molecule has 3 N–H and O–H groups in total. The normalized spacial score (nSPS) is 22.5. The molecule has 6 nitrogen and oxygen atoms in total. The van der Waals surface area contributed by atoms with Crippen LogP contribution in [0.4, 0.5) is 10.3 Å². The molecule has 0 saturated carbocycles. The van der Waals surface area contributed by atoms with E-state index in [1.165, 1.54) is 6.07 Å². The largest absolute Gasteiger partial charge is 0.339 e. The molecule has 2 aromatic heterocycles. The number of halogens is 1. The lowest BCUT2D eigenvalue weighted by Gasteiger charge is -2.39. The maximum Gasteiger partial charge on any atom is 0.245 e. The lowest BCUT2D eigenvalue weighted by molar-refractivity contribution is 0.270. The third-order valence-corrected chi connectivity index (χ3v) is 4.01. The topological polar surface area (TPSA) is 83.7 Å². The summed E-state index contributed by atoms with van der Waals surface area (Å²) >= 11 is 0. The van der Waals surface area contributed by atoms with Crippen molar-refractivity contribution in [1.29, 1.82) is 0 Å². The zero-order valence-electron chi connectivity index (χ0n) is 12.0. The maximum absolute atomic E-state index is 13.2. The second-order valence-corrected chi connectivity index (χ2v) is 5.92. The molecular formula is C14H19FN6. The first-order chi connectivity index (χ1) is 10.1. The zero-order chi connectivity index (χ0) is 14.9. The Morgan fingerprint density at radius 2 is 2.33 bits per heavy atom.